The lowest BCUT2D eigenvalue weighted by Crippen LogP contribution is -2.04. The van der Waals surface area contributed by atoms with Crippen LogP contribution in [0.15, 0.2) is 17.0 Å². The number of carbonyl (C=O) groups excluding carboxylic acids is 1. The first-order valence-corrected chi connectivity index (χ1v) is 4.52. The van der Waals surface area contributed by atoms with Crippen molar-refractivity contribution in [1.29, 1.82) is 0 Å². The molecule has 0 atom stereocenters. The van der Waals surface area contributed by atoms with Gasteiger partial charge in [-0.1, -0.05) is 0 Å². The van der Waals surface area contributed by atoms with Gasteiger partial charge in [-0.05, 0) is 49.7 Å². The van der Waals surface area contributed by atoms with Crippen LogP contribution in [0.3, 0.4) is 0 Å². The topological polar surface area (TPSA) is 26.3 Å². The normalized spacial score (nSPS) is 9.85. The van der Waals surface area contributed by atoms with Crippen LogP contribution in [0.2, 0.25) is 0 Å². The van der Waals surface area contributed by atoms with Gasteiger partial charge in [0.1, 0.15) is 5.75 Å². The predicted octanol–water partition coefficient (Wildman–Crippen LogP) is 1.60. The van der Waals surface area contributed by atoms with E-state index in [1.54, 1.807) is 0 Å². The van der Waals surface area contributed by atoms with Crippen LogP contribution in [0.1, 0.15) is 18.1 Å². The Bertz CT molecular complexity index is 322. The fourth-order valence-electron chi connectivity index (χ4n) is 1.25. The van der Waals surface area contributed by atoms with E-state index >= 15 is 0 Å². The quantitative estimate of drug-likeness (QED) is 0.388. The summed E-state index contributed by atoms with van der Waals surface area (Å²) in [6.45, 7) is 5.23. The largest absolute Gasteiger partial charge is 0.426 e. The van der Waals surface area contributed by atoms with Gasteiger partial charge < -0.3 is 4.74 Å². The molecule has 70 valence electrons. The van der Waals surface area contributed by atoms with Crippen LogP contribution < -0.4 is 4.74 Å². The number of rotatable bonds is 1. The van der Waals surface area contributed by atoms with E-state index in [2.05, 4.69) is 12.6 Å². The zero-order valence-corrected chi connectivity index (χ0v) is 8.97. The van der Waals surface area contributed by atoms with Crippen LogP contribution in [0, 0.1) is 13.8 Å². The standard InChI is InChI=1S/C10H12O2S/c1-6-4-9(13)5-7(2)10(6)12-8(3)11/h4-5,13H,1-3H3/p+1. The van der Waals surface area contributed by atoms with E-state index in [-0.39, 0.29) is 5.97 Å². The van der Waals surface area contributed by atoms with Crippen LogP contribution in [0.5, 0.6) is 5.75 Å². The molecule has 0 unspecified atom stereocenters. The molecule has 13 heavy (non-hydrogen) atoms. The molecule has 2 nitrogen and oxygen atoms in total. The molecule has 0 heterocycles. The van der Waals surface area contributed by atoms with Crippen LogP contribution >= 0.6 is 0 Å². The molecule has 0 saturated carbocycles. The third-order valence-corrected chi connectivity index (χ3v) is 1.99. The summed E-state index contributed by atoms with van der Waals surface area (Å²) >= 11 is 3.42. The van der Waals surface area contributed by atoms with Gasteiger partial charge in [-0.15, -0.1) is 0 Å². The molecule has 0 fully saturated rings. The number of aryl methyl sites for hydroxylation is 2. The molecule has 0 aliphatic carbocycles. The molecule has 0 aromatic heterocycles. The van der Waals surface area contributed by atoms with E-state index in [0.717, 1.165) is 16.0 Å². The number of ether oxygens (including phenoxy) is 1. The summed E-state index contributed by atoms with van der Waals surface area (Å²) in [6.07, 6.45) is 0. The molecule has 0 saturated heterocycles. The third-order valence-electron chi connectivity index (χ3n) is 1.71. The number of hydrogen-bond donors (Lipinski definition) is 0. The van der Waals surface area contributed by atoms with E-state index in [0.29, 0.717) is 5.75 Å². The maximum absolute atomic E-state index is 10.8. The Hall–Kier alpha value is -0.960. The minimum atomic E-state index is -0.284. The van der Waals surface area contributed by atoms with Gasteiger partial charge in [0.25, 0.3) is 0 Å². The zero-order chi connectivity index (χ0) is 10.0. The molecule has 3 heteroatoms. The highest BCUT2D eigenvalue weighted by Crippen LogP contribution is 2.24. The first-order chi connectivity index (χ1) is 6.00. The summed E-state index contributed by atoms with van der Waals surface area (Å²) in [5.74, 6) is 0.377. The lowest BCUT2D eigenvalue weighted by atomic mass is 10.1. The third kappa shape index (κ3) is 2.49. The second kappa shape index (κ2) is 3.83. The van der Waals surface area contributed by atoms with Gasteiger partial charge in [0.2, 0.25) is 0 Å². The minimum Gasteiger partial charge on any atom is -0.426 e. The Morgan fingerprint density at radius 2 is 1.77 bits per heavy atom. The van der Waals surface area contributed by atoms with E-state index < -0.39 is 0 Å². The molecule has 0 spiro atoms. The molecule has 0 bridgehead atoms. The first-order valence-electron chi connectivity index (χ1n) is 4.02. The molecule has 0 aliphatic heterocycles. The van der Waals surface area contributed by atoms with E-state index in [9.17, 15) is 4.79 Å². The Balaban J connectivity index is 3.13. The Labute approximate surface area is 83.3 Å². The van der Waals surface area contributed by atoms with Crippen molar-refractivity contribution in [3.05, 3.63) is 23.3 Å². The van der Waals surface area contributed by atoms with E-state index in [4.69, 9.17) is 4.74 Å². The van der Waals surface area contributed by atoms with Crippen molar-refractivity contribution < 1.29 is 9.53 Å². The summed E-state index contributed by atoms with van der Waals surface area (Å²) < 4.78 is 5.07. The molecule has 1 rings (SSSR count). The van der Waals surface area contributed by atoms with Crippen LogP contribution in [-0.4, -0.2) is 5.97 Å². The lowest BCUT2D eigenvalue weighted by molar-refractivity contribution is -0.131. The summed E-state index contributed by atoms with van der Waals surface area (Å²) in [7, 11) is 0. The monoisotopic (exact) mass is 197 g/mol. The molecule has 0 aliphatic rings. The number of hydrogen-bond acceptors (Lipinski definition) is 2. The van der Waals surface area contributed by atoms with Crippen LogP contribution in [0.4, 0.5) is 0 Å². The van der Waals surface area contributed by atoms with E-state index in [1.807, 2.05) is 26.0 Å². The highest BCUT2D eigenvalue weighted by molar-refractivity contribution is 7.58. The van der Waals surface area contributed by atoms with Gasteiger partial charge in [0, 0.05) is 6.92 Å². The molecule has 1 aromatic carbocycles. The fourth-order valence-corrected chi connectivity index (χ4v) is 1.69. The summed E-state index contributed by atoms with van der Waals surface area (Å²) in [5.41, 5.74) is 1.92. The second-order valence-corrected chi connectivity index (χ2v) is 3.61. The highest BCUT2D eigenvalue weighted by atomic mass is 32.1. The van der Waals surface area contributed by atoms with Crippen molar-refractivity contribution >= 4 is 18.6 Å². The molecule has 0 N–H and O–H groups in total. The van der Waals surface area contributed by atoms with Gasteiger partial charge in [-0.2, -0.15) is 0 Å². The second-order valence-electron chi connectivity index (χ2n) is 3.03. The Kier molecular flexibility index (Phi) is 2.98. The zero-order valence-electron chi connectivity index (χ0n) is 7.97. The number of benzene rings is 1. The van der Waals surface area contributed by atoms with E-state index in [1.165, 1.54) is 6.92 Å². The molecule has 1 aromatic rings. The van der Waals surface area contributed by atoms with Crippen molar-refractivity contribution in [2.24, 2.45) is 0 Å². The average Bonchev–Trinajstić information content (AvgIpc) is 1.96. The predicted molar refractivity (Wildman–Crippen MR) is 55.6 cm³/mol. The lowest BCUT2D eigenvalue weighted by Gasteiger charge is -2.07. The molecule has 0 radical (unpaired) electrons. The summed E-state index contributed by atoms with van der Waals surface area (Å²) in [4.78, 5) is 11.8. The summed E-state index contributed by atoms with van der Waals surface area (Å²) in [5, 5.41) is 0. The maximum Gasteiger partial charge on any atom is 0.308 e. The van der Waals surface area contributed by atoms with Gasteiger partial charge in [0.15, 0.2) is 4.90 Å². The van der Waals surface area contributed by atoms with Crippen molar-refractivity contribution in [3.8, 4) is 5.75 Å². The van der Waals surface area contributed by atoms with Crippen LogP contribution in [0.25, 0.3) is 0 Å². The van der Waals surface area contributed by atoms with Gasteiger partial charge >= 0.3 is 5.97 Å². The smallest absolute Gasteiger partial charge is 0.308 e. The van der Waals surface area contributed by atoms with Crippen molar-refractivity contribution in [2.45, 2.75) is 25.7 Å². The molecular weight excluding hydrogens is 184 g/mol. The molecule has 0 amide bonds. The average molecular weight is 197 g/mol. The molecular formula is C10H13O2S+. The fraction of sp³-hybridized carbons (Fsp3) is 0.300. The van der Waals surface area contributed by atoms with Crippen molar-refractivity contribution in [1.82, 2.24) is 0 Å². The number of esters is 1. The maximum atomic E-state index is 10.8. The first kappa shape index (κ1) is 10.1. The minimum absolute atomic E-state index is 0.284. The van der Waals surface area contributed by atoms with Gasteiger partial charge in [0.05, 0.1) is 0 Å². The van der Waals surface area contributed by atoms with Crippen molar-refractivity contribution in [3.63, 3.8) is 0 Å². The summed E-state index contributed by atoms with van der Waals surface area (Å²) in [6, 6.07) is 3.84. The van der Waals surface area contributed by atoms with Crippen molar-refractivity contribution in [2.75, 3.05) is 0 Å². The number of carbonyl (C=O) groups is 1. The SMILES string of the molecule is CC(=O)Oc1c(C)cc([SH2+])cc1C. The van der Waals surface area contributed by atoms with Crippen LogP contribution in [-0.2, 0) is 17.4 Å². The Morgan fingerprint density at radius 3 is 2.15 bits per heavy atom. The van der Waals surface area contributed by atoms with Gasteiger partial charge in [-0.3, -0.25) is 4.79 Å². The Morgan fingerprint density at radius 1 is 1.31 bits per heavy atom. The highest BCUT2D eigenvalue weighted by Gasteiger charge is 2.08. The van der Waals surface area contributed by atoms with Gasteiger partial charge in [-0.25, -0.2) is 0 Å².